The fourth-order valence-electron chi connectivity index (χ4n) is 2.20. The van der Waals surface area contributed by atoms with Crippen molar-refractivity contribution in [3.05, 3.63) is 29.2 Å². The molecule has 24 heavy (non-hydrogen) atoms. The lowest BCUT2D eigenvalue weighted by Gasteiger charge is -2.11. The standard InChI is InChI=1S/C14H13ClN4O4S/c1-2-23-13(20)11-6-17-12-10(15)5-9(7-19(11)12)24(21,22)18-14(8-16)3-4-14/h5-7,18H,2-4H2,1H3. The van der Waals surface area contributed by atoms with E-state index in [0.29, 0.717) is 12.8 Å². The second kappa shape index (κ2) is 5.73. The molecule has 8 nitrogen and oxygen atoms in total. The van der Waals surface area contributed by atoms with E-state index in [9.17, 15) is 13.2 Å². The molecule has 1 N–H and O–H groups in total. The number of nitriles is 1. The minimum absolute atomic E-state index is 0.0622. The van der Waals surface area contributed by atoms with Crippen LogP contribution in [0.5, 0.6) is 0 Å². The third kappa shape index (κ3) is 2.84. The van der Waals surface area contributed by atoms with Crippen molar-refractivity contribution >= 4 is 33.2 Å². The molecule has 0 atom stereocenters. The number of ether oxygens (including phenoxy) is 1. The summed E-state index contributed by atoms with van der Waals surface area (Å²) in [6.45, 7) is 1.83. The molecule has 2 heterocycles. The number of carbonyl (C=O) groups is 1. The van der Waals surface area contributed by atoms with Gasteiger partial charge in [0.05, 0.1) is 23.9 Å². The van der Waals surface area contributed by atoms with Gasteiger partial charge < -0.3 is 4.74 Å². The lowest BCUT2D eigenvalue weighted by atomic mass is 10.3. The Morgan fingerprint density at radius 1 is 1.58 bits per heavy atom. The number of hydrogen-bond donors (Lipinski definition) is 1. The van der Waals surface area contributed by atoms with E-state index in [2.05, 4.69) is 9.71 Å². The van der Waals surface area contributed by atoms with Crippen molar-refractivity contribution in [2.75, 3.05) is 6.61 Å². The zero-order chi connectivity index (χ0) is 17.5. The van der Waals surface area contributed by atoms with E-state index in [-0.39, 0.29) is 27.9 Å². The number of fused-ring (bicyclic) bond motifs is 1. The molecule has 1 aliphatic rings. The largest absolute Gasteiger partial charge is 0.461 e. The van der Waals surface area contributed by atoms with Gasteiger partial charge in [-0.05, 0) is 25.8 Å². The zero-order valence-corrected chi connectivity index (χ0v) is 14.2. The fourth-order valence-corrected chi connectivity index (χ4v) is 3.92. The predicted octanol–water partition coefficient (Wildman–Crippen LogP) is 1.50. The molecule has 0 bridgehead atoms. The Bertz CT molecular complexity index is 973. The number of halogens is 1. The lowest BCUT2D eigenvalue weighted by Crippen LogP contribution is -2.35. The second-order valence-corrected chi connectivity index (χ2v) is 7.47. The molecule has 0 spiro atoms. The average Bonchev–Trinajstić information content (AvgIpc) is 3.15. The van der Waals surface area contributed by atoms with Crippen LogP contribution in [-0.2, 0) is 14.8 Å². The number of rotatable bonds is 5. The molecular weight excluding hydrogens is 356 g/mol. The van der Waals surface area contributed by atoms with Gasteiger partial charge in [0.25, 0.3) is 0 Å². The molecule has 0 unspecified atom stereocenters. The first-order valence-corrected chi connectivity index (χ1v) is 8.97. The number of aromatic nitrogens is 2. The van der Waals surface area contributed by atoms with Gasteiger partial charge in [0, 0.05) is 6.20 Å². The number of sulfonamides is 1. The first-order chi connectivity index (χ1) is 11.3. The highest BCUT2D eigenvalue weighted by atomic mass is 35.5. The summed E-state index contributed by atoms with van der Waals surface area (Å²) in [5, 5.41) is 9.12. The maximum absolute atomic E-state index is 12.5. The number of imidazole rings is 1. The predicted molar refractivity (Wildman–Crippen MR) is 84.1 cm³/mol. The van der Waals surface area contributed by atoms with E-state index >= 15 is 0 Å². The van der Waals surface area contributed by atoms with Crippen LogP contribution in [0.3, 0.4) is 0 Å². The minimum atomic E-state index is -3.97. The first-order valence-electron chi connectivity index (χ1n) is 7.11. The molecule has 1 saturated carbocycles. The zero-order valence-electron chi connectivity index (χ0n) is 12.6. The smallest absolute Gasteiger partial charge is 0.356 e. The Morgan fingerprint density at radius 3 is 2.88 bits per heavy atom. The van der Waals surface area contributed by atoms with Gasteiger partial charge >= 0.3 is 5.97 Å². The molecule has 0 aliphatic heterocycles. The number of esters is 1. The Kier molecular flexibility index (Phi) is 3.99. The van der Waals surface area contributed by atoms with Crippen LogP contribution in [0.4, 0.5) is 0 Å². The van der Waals surface area contributed by atoms with Gasteiger partial charge in [-0.2, -0.15) is 9.98 Å². The van der Waals surface area contributed by atoms with Crippen LogP contribution >= 0.6 is 11.6 Å². The van der Waals surface area contributed by atoms with Crippen molar-refractivity contribution < 1.29 is 17.9 Å². The van der Waals surface area contributed by atoms with Crippen molar-refractivity contribution in [3.63, 3.8) is 0 Å². The highest BCUT2D eigenvalue weighted by molar-refractivity contribution is 7.89. The lowest BCUT2D eigenvalue weighted by molar-refractivity contribution is 0.0518. The Morgan fingerprint density at radius 2 is 2.29 bits per heavy atom. The summed E-state index contributed by atoms with van der Waals surface area (Å²) in [4.78, 5) is 15.8. The van der Waals surface area contributed by atoms with Gasteiger partial charge in [0.2, 0.25) is 10.0 Å². The molecule has 3 rings (SSSR count). The third-order valence-electron chi connectivity index (χ3n) is 3.62. The second-order valence-electron chi connectivity index (χ2n) is 5.38. The van der Waals surface area contributed by atoms with Crippen LogP contribution in [0.2, 0.25) is 5.02 Å². The summed E-state index contributed by atoms with van der Waals surface area (Å²) < 4.78 is 33.6. The highest BCUT2D eigenvalue weighted by Gasteiger charge is 2.47. The Balaban J connectivity index is 2.08. The summed E-state index contributed by atoms with van der Waals surface area (Å²) in [6.07, 6.45) is 3.41. The van der Waals surface area contributed by atoms with Crippen molar-refractivity contribution in [3.8, 4) is 6.07 Å². The quantitative estimate of drug-likeness (QED) is 0.800. The maximum Gasteiger partial charge on any atom is 0.356 e. The van der Waals surface area contributed by atoms with Crippen LogP contribution in [0.25, 0.3) is 5.65 Å². The van der Waals surface area contributed by atoms with E-state index in [4.69, 9.17) is 21.6 Å². The molecule has 2 aromatic heterocycles. The summed E-state index contributed by atoms with van der Waals surface area (Å²) in [5.41, 5.74) is -0.758. The molecule has 10 heteroatoms. The summed E-state index contributed by atoms with van der Waals surface area (Å²) in [6, 6.07) is 3.19. The fraction of sp³-hybridized carbons (Fsp3) is 0.357. The van der Waals surface area contributed by atoms with Gasteiger partial charge in [-0.25, -0.2) is 18.2 Å². The average molecular weight is 369 g/mol. The van der Waals surface area contributed by atoms with E-state index in [1.54, 1.807) is 6.92 Å². The van der Waals surface area contributed by atoms with Crippen LogP contribution in [0.15, 0.2) is 23.4 Å². The third-order valence-corrected chi connectivity index (χ3v) is 5.41. The van der Waals surface area contributed by atoms with Crippen molar-refractivity contribution in [1.82, 2.24) is 14.1 Å². The van der Waals surface area contributed by atoms with E-state index in [1.807, 2.05) is 6.07 Å². The Labute approximate surface area is 143 Å². The minimum Gasteiger partial charge on any atom is -0.461 e. The molecule has 126 valence electrons. The van der Waals surface area contributed by atoms with Crippen LogP contribution in [-0.4, -0.2) is 35.9 Å². The molecule has 1 aliphatic carbocycles. The molecule has 2 aromatic rings. The van der Waals surface area contributed by atoms with Gasteiger partial charge in [-0.3, -0.25) is 4.40 Å². The molecule has 0 amide bonds. The molecular formula is C14H13ClN4O4S. The van der Waals surface area contributed by atoms with Crippen LogP contribution in [0.1, 0.15) is 30.3 Å². The Hall–Kier alpha value is -2.15. The monoisotopic (exact) mass is 368 g/mol. The summed E-state index contributed by atoms with van der Waals surface area (Å²) >= 11 is 6.09. The number of hydrogen-bond acceptors (Lipinski definition) is 6. The number of nitrogens with zero attached hydrogens (tertiary/aromatic N) is 3. The van der Waals surface area contributed by atoms with Gasteiger partial charge in [-0.1, -0.05) is 11.6 Å². The molecule has 0 radical (unpaired) electrons. The topological polar surface area (TPSA) is 114 Å². The van der Waals surface area contributed by atoms with Crippen molar-refractivity contribution in [2.24, 2.45) is 0 Å². The van der Waals surface area contributed by atoms with Gasteiger partial charge in [0.15, 0.2) is 11.3 Å². The van der Waals surface area contributed by atoms with Gasteiger partial charge in [-0.15, -0.1) is 0 Å². The molecule has 1 fully saturated rings. The summed E-state index contributed by atoms with van der Waals surface area (Å²) in [5.74, 6) is -0.640. The van der Waals surface area contributed by atoms with Crippen molar-refractivity contribution in [2.45, 2.75) is 30.2 Å². The van der Waals surface area contributed by atoms with E-state index in [1.165, 1.54) is 22.9 Å². The van der Waals surface area contributed by atoms with Gasteiger partial charge in [0.1, 0.15) is 10.4 Å². The van der Waals surface area contributed by atoms with E-state index in [0.717, 1.165) is 0 Å². The summed E-state index contributed by atoms with van der Waals surface area (Å²) in [7, 11) is -3.97. The highest BCUT2D eigenvalue weighted by Crippen LogP contribution is 2.36. The number of carbonyl (C=O) groups excluding carboxylic acids is 1. The SMILES string of the molecule is CCOC(=O)c1cnc2c(Cl)cc(S(=O)(=O)NC3(C#N)CC3)cn12. The first kappa shape index (κ1) is 16.7. The van der Waals surface area contributed by atoms with Crippen LogP contribution in [0, 0.1) is 11.3 Å². The number of pyridine rings is 1. The van der Waals surface area contributed by atoms with Crippen molar-refractivity contribution in [1.29, 1.82) is 5.26 Å². The maximum atomic E-state index is 12.5. The molecule has 0 aromatic carbocycles. The van der Waals surface area contributed by atoms with E-state index < -0.39 is 21.5 Å². The number of nitrogens with one attached hydrogen (secondary N) is 1. The normalized spacial score (nSPS) is 15.9. The van der Waals surface area contributed by atoms with Crippen LogP contribution < -0.4 is 4.72 Å². The molecule has 0 saturated heterocycles.